The van der Waals surface area contributed by atoms with Gasteiger partial charge in [-0.1, -0.05) is 38.5 Å². The molecule has 1 saturated carbocycles. The van der Waals surface area contributed by atoms with Crippen LogP contribution in [0.25, 0.3) is 0 Å². The van der Waals surface area contributed by atoms with Gasteiger partial charge in [-0.3, -0.25) is 4.79 Å². The Labute approximate surface area is 117 Å². The zero-order valence-electron chi connectivity index (χ0n) is 11.2. The highest BCUT2D eigenvalue weighted by atomic mass is 35.5. The molecule has 0 atom stereocenters. The molecule has 0 amide bonds. The summed E-state index contributed by atoms with van der Waals surface area (Å²) < 4.78 is 35.6. The molecule has 0 aliphatic heterocycles. The average Bonchev–Trinajstić information content (AvgIpc) is 3.06. The lowest BCUT2D eigenvalue weighted by Gasteiger charge is -2.09. The number of carbonyl (C=O) groups excluding carboxylic acids is 1. The van der Waals surface area contributed by atoms with Crippen molar-refractivity contribution in [2.45, 2.75) is 76.8 Å². The first kappa shape index (κ1) is 16.8. The molecule has 0 aromatic carbocycles. The zero-order valence-corrected chi connectivity index (χ0v) is 12.0. The highest BCUT2D eigenvalue weighted by Gasteiger charge is 2.47. The van der Waals surface area contributed by atoms with Crippen molar-refractivity contribution in [3.05, 3.63) is 0 Å². The Morgan fingerprint density at radius 3 is 1.84 bits per heavy atom. The Kier molecular flexibility index (Phi) is 6.64. The van der Waals surface area contributed by atoms with Gasteiger partial charge in [-0.15, -0.1) is 0 Å². The lowest BCUT2D eigenvalue weighted by molar-refractivity contribution is -0.135. The van der Waals surface area contributed by atoms with Crippen LogP contribution in [0.15, 0.2) is 0 Å². The van der Waals surface area contributed by atoms with E-state index in [-0.39, 0.29) is 17.1 Å². The van der Waals surface area contributed by atoms with Gasteiger partial charge in [0.1, 0.15) is 0 Å². The SMILES string of the molecule is O=C(Cl)C1(CCCCCCCCCC(F)(F)F)CC1. The first-order chi connectivity index (χ1) is 8.86. The predicted octanol–water partition coefficient (Wildman–Crippen LogP) is 5.61. The van der Waals surface area contributed by atoms with Crippen LogP contribution in [0.5, 0.6) is 0 Å². The summed E-state index contributed by atoms with van der Waals surface area (Å²) in [5.74, 6) is 0. The molecule has 0 heterocycles. The molecule has 0 spiro atoms. The van der Waals surface area contributed by atoms with Gasteiger partial charge >= 0.3 is 6.18 Å². The minimum Gasteiger partial charge on any atom is -0.281 e. The summed E-state index contributed by atoms with van der Waals surface area (Å²) in [4.78, 5) is 11.1. The van der Waals surface area contributed by atoms with Gasteiger partial charge in [-0.25, -0.2) is 0 Å². The predicted molar refractivity (Wildman–Crippen MR) is 70.1 cm³/mol. The van der Waals surface area contributed by atoms with Crippen LogP contribution >= 0.6 is 11.6 Å². The van der Waals surface area contributed by atoms with E-state index in [4.69, 9.17) is 11.6 Å². The van der Waals surface area contributed by atoms with Gasteiger partial charge < -0.3 is 0 Å². The summed E-state index contributed by atoms with van der Waals surface area (Å²) in [6.07, 6.45) is 3.90. The number of unbranched alkanes of at least 4 members (excludes halogenated alkanes) is 6. The van der Waals surface area contributed by atoms with E-state index in [1.165, 1.54) is 0 Å². The molecule has 1 aliphatic rings. The maximum absolute atomic E-state index is 11.9. The van der Waals surface area contributed by atoms with Gasteiger partial charge in [0.2, 0.25) is 5.24 Å². The quantitative estimate of drug-likeness (QED) is 0.379. The van der Waals surface area contributed by atoms with Crippen LogP contribution in [-0.4, -0.2) is 11.4 Å². The first-order valence-corrected chi connectivity index (χ1v) is 7.50. The lowest BCUT2D eigenvalue weighted by atomic mass is 9.99. The van der Waals surface area contributed by atoms with E-state index >= 15 is 0 Å². The van der Waals surface area contributed by atoms with E-state index in [0.29, 0.717) is 6.42 Å². The van der Waals surface area contributed by atoms with Crippen molar-refractivity contribution in [2.24, 2.45) is 5.41 Å². The van der Waals surface area contributed by atoms with E-state index in [2.05, 4.69) is 0 Å². The monoisotopic (exact) mass is 298 g/mol. The van der Waals surface area contributed by atoms with E-state index in [0.717, 1.165) is 51.4 Å². The molecule has 19 heavy (non-hydrogen) atoms. The number of halogens is 4. The van der Waals surface area contributed by atoms with Crippen LogP contribution in [0.2, 0.25) is 0 Å². The van der Waals surface area contributed by atoms with Crippen molar-refractivity contribution in [1.29, 1.82) is 0 Å². The third-order valence-electron chi connectivity index (χ3n) is 3.89. The number of alkyl halides is 3. The molecular weight excluding hydrogens is 277 g/mol. The van der Waals surface area contributed by atoms with Gasteiger partial charge in [0, 0.05) is 11.8 Å². The van der Waals surface area contributed by atoms with Gasteiger partial charge in [0.05, 0.1) is 0 Å². The van der Waals surface area contributed by atoms with E-state index in [9.17, 15) is 18.0 Å². The highest BCUT2D eigenvalue weighted by molar-refractivity contribution is 6.65. The van der Waals surface area contributed by atoms with Crippen LogP contribution < -0.4 is 0 Å². The maximum Gasteiger partial charge on any atom is 0.389 e. The summed E-state index contributed by atoms with van der Waals surface area (Å²) in [6, 6.07) is 0. The topological polar surface area (TPSA) is 17.1 Å². The van der Waals surface area contributed by atoms with Crippen LogP contribution in [0.4, 0.5) is 13.2 Å². The molecule has 112 valence electrons. The number of hydrogen-bond acceptors (Lipinski definition) is 1. The fourth-order valence-corrected chi connectivity index (χ4v) is 2.65. The summed E-state index contributed by atoms with van der Waals surface area (Å²) in [5.41, 5.74) is -0.214. The molecule has 0 bridgehead atoms. The summed E-state index contributed by atoms with van der Waals surface area (Å²) in [6.45, 7) is 0. The highest BCUT2D eigenvalue weighted by Crippen LogP contribution is 2.51. The fourth-order valence-electron chi connectivity index (χ4n) is 2.37. The molecule has 0 aromatic rings. The molecule has 0 unspecified atom stereocenters. The van der Waals surface area contributed by atoms with Crippen molar-refractivity contribution in [3.63, 3.8) is 0 Å². The lowest BCUT2D eigenvalue weighted by Crippen LogP contribution is -2.08. The second-order valence-corrected chi connectivity index (χ2v) is 5.99. The Bertz CT molecular complexity index is 285. The molecule has 0 aromatic heterocycles. The van der Waals surface area contributed by atoms with Gasteiger partial charge in [0.25, 0.3) is 0 Å². The second kappa shape index (κ2) is 7.51. The molecule has 1 fully saturated rings. The summed E-state index contributed by atoms with van der Waals surface area (Å²) >= 11 is 5.54. The van der Waals surface area contributed by atoms with Crippen LogP contribution in [0.3, 0.4) is 0 Å². The number of hydrogen-bond donors (Lipinski definition) is 0. The third-order valence-corrected chi connectivity index (χ3v) is 4.29. The second-order valence-electron chi connectivity index (χ2n) is 5.64. The molecule has 1 nitrogen and oxygen atoms in total. The third kappa shape index (κ3) is 7.19. The minimum atomic E-state index is -4.01. The van der Waals surface area contributed by atoms with Crippen molar-refractivity contribution < 1.29 is 18.0 Å². The molecule has 0 radical (unpaired) electrons. The van der Waals surface area contributed by atoms with Crippen LogP contribution in [0, 0.1) is 5.41 Å². The van der Waals surface area contributed by atoms with Crippen molar-refractivity contribution in [2.75, 3.05) is 0 Å². The summed E-state index contributed by atoms with van der Waals surface area (Å²) in [7, 11) is 0. The van der Waals surface area contributed by atoms with Gasteiger partial charge in [-0.05, 0) is 37.3 Å². The van der Waals surface area contributed by atoms with Crippen molar-refractivity contribution >= 4 is 16.8 Å². The van der Waals surface area contributed by atoms with Crippen molar-refractivity contribution in [3.8, 4) is 0 Å². The normalized spacial score (nSPS) is 17.5. The van der Waals surface area contributed by atoms with Crippen molar-refractivity contribution in [1.82, 2.24) is 0 Å². The molecule has 1 rings (SSSR count). The largest absolute Gasteiger partial charge is 0.389 e. The van der Waals surface area contributed by atoms with Crippen LogP contribution in [-0.2, 0) is 4.79 Å². The average molecular weight is 299 g/mol. The molecule has 0 N–H and O–H groups in total. The van der Waals surface area contributed by atoms with E-state index < -0.39 is 12.6 Å². The van der Waals surface area contributed by atoms with E-state index in [1.54, 1.807) is 0 Å². The number of rotatable bonds is 10. The van der Waals surface area contributed by atoms with E-state index in [1.807, 2.05) is 0 Å². The van der Waals surface area contributed by atoms with Gasteiger partial charge in [-0.2, -0.15) is 13.2 Å². The molecule has 1 aliphatic carbocycles. The molecular formula is C14H22ClF3O. The summed E-state index contributed by atoms with van der Waals surface area (Å²) in [5, 5.41) is -0.195. The zero-order chi connectivity index (χ0) is 14.4. The minimum absolute atomic E-state index is 0.195. The standard InChI is InChI=1S/C14H22ClF3O/c15-12(19)13(10-11-13)8-6-4-2-1-3-5-7-9-14(16,17)18/h1-11H2. The first-order valence-electron chi connectivity index (χ1n) is 7.12. The smallest absolute Gasteiger partial charge is 0.281 e. The maximum atomic E-state index is 11.9. The van der Waals surface area contributed by atoms with Gasteiger partial charge in [0.15, 0.2) is 0 Å². The Balaban J connectivity index is 1.86. The Morgan fingerprint density at radius 1 is 0.947 bits per heavy atom. The Morgan fingerprint density at radius 2 is 1.42 bits per heavy atom. The fraction of sp³-hybridized carbons (Fsp3) is 0.929. The molecule has 0 saturated heterocycles. The number of carbonyl (C=O) groups is 1. The van der Waals surface area contributed by atoms with Crippen LogP contribution in [0.1, 0.15) is 70.6 Å². The Hall–Kier alpha value is -0.250. The molecule has 5 heteroatoms.